The van der Waals surface area contributed by atoms with Gasteiger partial charge in [0.25, 0.3) is 0 Å². The summed E-state index contributed by atoms with van der Waals surface area (Å²) in [7, 11) is 0. The highest BCUT2D eigenvalue weighted by atomic mass is 15.1. The molecular weight excluding hydrogens is 260 g/mol. The number of aromatic nitrogens is 2. The highest BCUT2D eigenvalue weighted by molar-refractivity contribution is 5.63. The van der Waals surface area contributed by atoms with Crippen LogP contribution >= 0.6 is 0 Å². The Bertz CT molecular complexity index is 598. The number of rotatable bonds is 4. The molecule has 1 aliphatic rings. The van der Waals surface area contributed by atoms with Crippen molar-refractivity contribution in [2.24, 2.45) is 0 Å². The topological polar surface area (TPSA) is 49.8 Å². The van der Waals surface area contributed by atoms with E-state index in [4.69, 9.17) is 0 Å². The minimum atomic E-state index is 0.563. The first-order valence-corrected chi connectivity index (χ1v) is 7.65. The molecule has 21 heavy (non-hydrogen) atoms. The van der Waals surface area contributed by atoms with Crippen molar-refractivity contribution >= 4 is 17.5 Å². The molecule has 2 aromatic rings. The van der Waals surface area contributed by atoms with Gasteiger partial charge in [-0.05, 0) is 43.9 Å². The van der Waals surface area contributed by atoms with Crippen LogP contribution < -0.4 is 10.6 Å². The predicted molar refractivity (Wildman–Crippen MR) is 87.1 cm³/mol. The average Bonchev–Trinajstić information content (AvgIpc) is 2.96. The third-order valence-corrected chi connectivity index (χ3v) is 4.08. The summed E-state index contributed by atoms with van der Waals surface area (Å²) >= 11 is 0. The van der Waals surface area contributed by atoms with Crippen LogP contribution in [0.4, 0.5) is 17.5 Å². The van der Waals surface area contributed by atoms with E-state index in [1.165, 1.54) is 36.8 Å². The lowest BCUT2D eigenvalue weighted by atomic mass is 10.1. The molecule has 0 radical (unpaired) electrons. The third-order valence-electron chi connectivity index (χ3n) is 4.08. The van der Waals surface area contributed by atoms with Gasteiger partial charge in [-0.3, -0.25) is 0 Å². The van der Waals surface area contributed by atoms with E-state index in [0.717, 1.165) is 11.5 Å². The Labute approximate surface area is 126 Å². The molecule has 4 nitrogen and oxygen atoms in total. The van der Waals surface area contributed by atoms with Gasteiger partial charge in [0.2, 0.25) is 5.95 Å². The van der Waals surface area contributed by atoms with Gasteiger partial charge in [0.15, 0.2) is 0 Å². The lowest BCUT2D eigenvalue weighted by Crippen LogP contribution is -2.16. The van der Waals surface area contributed by atoms with Crippen molar-refractivity contribution in [2.45, 2.75) is 45.6 Å². The monoisotopic (exact) mass is 282 g/mol. The van der Waals surface area contributed by atoms with Gasteiger partial charge in [0.1, 0.15) is 5.82 Å². The summed E-state index contributed by atoms with van der Waals surface area (Å²) in [5, 5.41) is 6.85. The maximum absolute atomic E-state index is 4.58. The van der Waals surface area contributed by atoms with Crippen molar-refractivity contribution in [3.05, 3.63) is 41.6 Å². The van der Waals surface area contributed by atoms with E-state index in [1.807, 2.05) is 6.07 Å². The SMILES string of the molecule is Cc1cccc(C)c1Nc1nccc(NC2CCCC2)n1. The van der Waals surface area contributed by atoms with Crippen LogP contribution in [0.15, 0.2) is 30.5 Å². The number of anilines is 3. The number of nitrogens with zero attached hydrogens (tertiary/aromatic N) is 2. The molecule has 1 fully saturated rings. The van der Waals surface area contributed by atoms with Crippen LogP contribution in [-0.4, -0.2) is 16.0 Å². The Balaban J connectivity index is 1.76. The van der Waals surface area contributed by atoms with E-state index in [-0.39, 0.29) is 0 Å². The second-order valence-corrected chi connectivity index (χ2v) is 5.78. The van der Waals surface area contributed by atoms with Crippen LogP contribution in [0.3, 0.4) is 0 Å². The fourth-order valence-corrected chi connectivity index (χ4v) is 2.90. The first kappa shape index (κ1) is 13.9. The van der Waals surface area contributed by atoms with Gasteiger partial charge < -0.3 is 10.6 Å². The zero-order chi connectivity index (χ0) is 14.7. The van der Waals surface area contributed by atoms with Crippen molar-refractivity contribution in [1.82, 2.24) is 9.97 Å². The van der Waals surface area contributed by atoms with Crippen LogP contribution in [0.5, 0.6) is 0 Å². The van der Waals surface area contributed by atoms with Crippen molar-refractivity contribution in [3.63, 3.8) is 0 Å². The first-order valence-electron chi connectivity index (χ1n) is 7.65. The molecule has 3 rings (SSSR count). The van der Waals surface area contributed by atoms with E-state index in [1.54, 1.807) is 6.20 Å². The van der Waals surface area contributed by atoms with Gasteiger partial charge in [0.05, 0.1) is 0 Å². The van der Waals surface area contributed by atoms with Gasteiger partial charge in [-0.15, -0.1) is 0 Å². The molecule has 1 saturated carbocycles. The second-order valence-electron chi connectivity index (χ2n) is 5.78. The Morgan fingerprint density at radius 2 is 1.76 bits per heavy atom. The summed E-state index contributed by atoms with van der Waals surface area (Å²) in [5.41, 5.74) is 3.50. The largest absolute Gasteiger partial charge is 0.367 e. The molecule has 1 heterocycles. The summed E-state index contributed by atoms with van der Waals surface area (Å²) in [6.07, 6.45) is 6.92. The van der Waals surface area contributed by atoms with Gasteiger partial charge in [0, 0.05) is 17.9 Å². The summed E-state index contributed by atoms with van der Waals surface area (Å²) < 4.78 is 0. The molecule has 1 aromatic carbocycles. The molecule has 4 heteroatoms. The molecule has 0 aliphatic heterocycles. The van der Waals surface area contributed by atoms with E-state index >= 15 is 0 Å². The maximum Gasteiger partial charge on any atom is 0.229 e. The number of para-hydroxylation sites is 1. The molecule has 0 spiro atoms. The highest BCUT2D eigenvalue weighted by Crippen LogP contribution is 2.24. The second kappa shape index (κ2) is 6.12. The van der Waals surface area contributed by atoms with Crippen LogP contribution in [0, 0.1) is 13.8 Å². The molecule has 0 bridgehead atoms. The first-order chi connectivity index (χ1) is 10.2. The molecule has 2 N–H and O–H groups in total. The Morgan fingerprint density at radius 1 is 1.05 bits per heavy atom. The molecule has 0 atom stereocenters. The number of benzene rings is 1. The standard InChI is InChI=1S/C17H22N4/c1-12-6-5-7-13(2)16(12)21-17-18-11-10-15(20-17)19-14-8-3-4-9-14/h5-7,10-11,14H,3-4,8-9H2,1-2H3,(H2,18,19,20,21). The maximum atomic E-state index is 4.58. The van der Waals surface area contributed by atoms with Crippen LogP contribution in [0.2, 0.25) is 0 Å². The summed E-state index contributed by atoms with van der Waals surface area (Å²) in [6, 6.07) is 8.75. The number of hydrogen-bond donors (Lipinski definition) is 2. The summed E-state index contributed by atoms with van der Waals surface area (Å²) in [4.78, 5) is 8.91. The van der Waals surface area contributed by atoms with Crippen molar-refractivity contribution in [3.8, 4) is 0 Å². The molecular formula is C17H22N4. The summed E-state index contributed by atoms with van der Waals surface area (Å²) in [5.74, 6) is 1.56. The van der Waals surface area contributed by atoms with Crippen molar-refractivity contribution in [2.75, 3.05) is 10.6 Å². The Morgan fingerprint density at radius 3 is 2.48 bits per heavy atom. The number of nitrogens with one attached hydrogen (secondary N) is 2. The average molecular weight is 282 g/mol. The fraction of sp³-hybridized carbons (Fsp3) is 0.412. The van der Waals surface area contributed by atoms with E-state index in [0.29, 0.717) is 12.0 Å². The van der Waals surface area contributed by atoms with E-state index in [9.17, 15) is 0 Å². The molecule has 1 aromatic heterocycles. The van der Waals surface area contributed by atoms with Crippen LogP contribution in [-0.2, 0) is 0 Å². The zero-order valence-corrected chi connectivity index (χ0v) is 12.7. The van der Waals surface area contributed by atoms with Crippen LogP contribution in [0.25, 0.3) is 0 Å². The lowest BCUT2D eigenvalue weighted by molar-refractivity contribution is 0.750. The molecule has 0 saturated heterocycles. The van der Waals surface area contributed by atoms with Gasteiger partial charge in [-0.1, -0.05) is 31.0 Å². The molecule has 1 aliphatic carbocycles. The zero-order valence-electron chi connectivity index (χ0n) is 12.7. The van der Waals surface area contributed by atoms with E-state index in [2.05, 4.69) is 52.6 Å². The molecule has 110 valence electrons. The fourth-order valence-electron chi connectivity index (χ4n) is 2.90. The third kappa shape index (κ3) is 3.32. The number of hydrogen-bond acceptors (Lipinski definition) is 4. The predicted octanol–water partition coefficient (Wildman–Crippen LogP) is 4.19. The van der Waals surface area contributed by atoms with Gasteiger partial charge >= 0.3 is 0 Å². The molecule has 0 unspecified atom stereocenters. The lowest BCUT2D eigenvalue weighted by Gasteiger charge is -2.14. The van der Waals surface area contributed by atoms with Crippen molar-refractivity contribution in [1.29, 1.82) is 0 Å². The minimum Gasteiger partial charge on any atom is -0.367 e. The smallest absolute Gasteiger partial charge is 0.229 e. The Hall–Kier alpha value is -2.10. The van der Waals surface area contributed by atoms with E-state index < -0.39 is 0 Å². The normalized spacial score (nSPS) is 15.1. The highest BCUT2D eigenvalue weighted by Gasteiger charge is 2.15. The van der Waals surface area contributed by atoms with Gasteiger partial charge in [-0.2, -0.15) is 4.98 Å². The minimum absolute atomic E-state index is 0.563. The van der Waals surface area contributed by atoms with Gasteiger partial charge in [-0.25, -0.2) is 4.98 Å². The number of aryl methyl sites for hydroxylation is 2. The Kier molecular flexibility index (Phi) is 4.04. The van der Waals surface area contributed by atoms with Crippen LogP contribution in [0.1, 0.15) is 36.8 Å². The summed E-state index contributed by atoms with van der Waals surface area (Å²) in [6.45, 7) is 4.19. The quantitative estimate of drug-likeness (QED) is 0.882. The van der Waals surface area contributed by atoms with Crippen molar-refractivity contribution < 1.29 is 0 Å². The molecule has 0 amide bonds.